The number of hydrogen-bond acceptors (Lipinski definition) is 4. The van der Waals surface area contributed by atoms with Gasteiger partial charge in [0.1, 0.15) is 5.82 Å². The number of methoxy groups -OCH3 is 1. The molecule has 22 heavy (non-hydrogen) atoms. The standard InChI is InChI=1S/C17H29N3O2/c1-12(2)14-11-22-17(21-4)20(14)15(13-7-5-6-8-13)16-18-9-10-19(16)3/h9-10,12-15,17H,5-8,11H2,1-4H3/t14-,15-,17-/m0/s1. The van der Waals surface area contributed by atoms with E-state index in [2.05, 4.69) is 35.3 Å². The smallest absolute Gasteiger partial charge is 0.219 e. The van der Waals surface area contributed by atoms with E-state index in [-0.39, 0.29) is 12.5 Å². The highest BCUT2D eigenvalue weighted by Gasteiger charge is 2.45. The molecule has 1 aromatic rings. The van der Waals surface area contributed by atoms with Crippen molar-refractivity contribution in [3.8, 4) is 0 Å². The average molecular weight is 307 g/mol. The van der Waals surface area contributed by atoms with Crippen LogP contribution in [0.15, 0.2) is 12.4 Å². The van der Waals surface area contributed by atoms with E-state index in [1.807, 2.05) is 12.4 Å². The molecule has 1 saturated heterocycles. The van der Waals surface area contributed by atoms with Gasteiger partial charge in [0, 0.05) is 32.6 Å². The fourth-order valence-electron chi connectivity index (χ4n) is 4.10. The first kappa shape index (κ1) is 16.0. The summed E-state index contributed by atoms with van der Waals surface area (Å²) in [5.74, 6) is 2.32. The number of imidazole rings is 1. The van der Waals surface area contributed by atoms with Crippen molar-refractivity contribution in [2.24, 2.45) is 18.9 Å². The summed E-state index contributed by atoms with van der Waals surface area (Å²) in [5, 5.41) is 0. The first-order valence-electron chi connectivity index (χ1n) is 8.52. The normalized spacial score (nSPS) is 28.8. The van der Waals surface area contributed by atoms with Gasteiger partial charge in [-0.3, -0.25) is 0 Å². The Hall–Kier alpha value is -0.910. The van der Waals surface area contributed by atoms with Gasteiger partial charge in [-0.1, -0.05) is 26.7 Å². The number of aromatic nitrogens is 2. The first-order chi connectivity index (χ1) is 10.6. The van der Waals surface area contributed by atoms with Crippen molar-refractivity contribution >= 4 is 0 Å². The molecule has 1 aliphatic heterocycles. The zero-order valence-corrected chi connectivity index (χ0v) is 14.2. The van der Waals surface area contributed by atoms with Crippen LogP contribution in [-0.4, -0.2) is 40.6 Å². The molecule has 0 N–H and O–H groups in total. The summed E-state index contributed by atoms with van der Waals surface area (Å²) < 4.78 is 13.7. The topological polar surface area (TPSA) is 39.5 Å². The number of rotatable bonds is 5. The molecule has 3 rings (SSSR count). The summed E-state index contributed by atoms with van der Waals surface area (Å²) in [6, 6.07) is 0.662. The summed E-state index contributed by atoms with van der Waals surface area (Å²) in [6.07, 6.45) is 8.88. The molecule has 2 fully saturated rings. The molecule has 0 aromatic carbocycles. The van der Waals surface area contributed by atoms with Gasteiger partial charge in [-0.15, -0.1) is 0 Å². The summed E-state index contributed by atoms with van der Waals surface area (Å²) in [4.78, 5) is 7.13. The second kappa shape index (κ2) is 6.69. The molecule has 0 unspecified atom stereocenters. The van der Waals surface area contributed by atoms with Crippen LogP contribution in [0.25, 0.3) is 0 Å². The zero-order chi connectivity index (χ0) is 15.7. The lowest BCUT2D eigenvalue weighted by atomic mass is 9.92. The second-order valence-corrected chi connectivity index (χ2v) is 7.02. The first-order valence-corrected chi connectivity index (χ1v) is 8.52. The molecule has 0 bridgehead atoms. The monoisotopic (exact) mass is 307 g/mol. The van der Waals surface area contributed by atoms with E-state index in [9.17, 15) is 0 Å². The van der Waals surface area contributed by atoms with Crippen molar-refractivity contribution in [1.82, 2.24) is 14.5 Å². The maximum atomic E-state index is 5.93. The summed E-state index contributed by atoms with van der Waals surface area (Å²) >= 11 is 0. The molecular weight excluding hydrogens is 278 g/mol. The molecule has 1 aliphatic carbocycles. The van der Waals surface area contributed by atoms with E-state index in [4.69, 9.17) is 9.47 Å². The highest BCUT2D eigenvalue weighted by Crippen LogP contribution is 2.43. The summed E-state index contributed by atoms with van der Waals surface area (Å²) in [6.45, 7) is 5.27. The Balaban J connectivity index is 1.97. The lowest BCUT2D eigenvalue weighted by Gasteiger charge is -2.39. The van der Waals surface area contributed by atoms with Crippen LogP contribution in [0.3, 0.4) is 0 Å². The molecule has 124 valence electrons. The van der Waals surface area contributed by atoms with Gasteiger partial charge in [0.05, 0.1) is 12.6 Å². The van der Waals surface area contributed by atoms with Gasteiger partial charge >= 0.3 is 0 Å². The quantitative estimate of drug-likeness (QED) is 0.838. The number of nitrogens with zero attached hydrogens (tertiary/aromatic N) is 3. The molecule has 5 nitrogen and oxygen atoms in total. The fraction of sp³-hybridized carbons (Fsp3) is 0.824. The van der Waals surface area contributed by atoms with Crippen LogP contribution >= 0.6 is 0 Å². The van der Waals surface area contributed by atoms with E-state index in [1.165, 1.54) is 25.7 Å². The minimum absolute atomic E-state index is 0.255. The SMILES string of the molecule is CO[C@H]1OC[C@@H](C(C)C)N1[C@H](c1nccn1C)C1CCCC1. The van der Waals surface area contributed by atoms with Gasteiger partial charge in [-0.25, -0.2) is 9.88 Å². The Morgan fingerprint density at radius 2 is 2.05 bits per heavy atom. The molecule has 2 heterocycles. The molecule has 3 atom stereocenters. The van der Waals surface area contributed by atoms with E-state index < -0.39 is 0 Å². The Kier molecular flexibility index (Phi) is 4.85. The van der Waals surface area contributed by atoms with Crippen molar-refractivity contribution < 1.29 is 9.47 Å². The highest BCUT2D eigenvalue weighted by molar-refractivity contribution is 5.05. The third-order valence-electron chi connectivity index (χ3n) is 5.30. The zero-order valence-electron chi connectivity index (χ0n) is 14.2. The molecule has 1 saturated carbocycles. The Bertz CT molecular complexity index is 482. The van der Waals surface area contributed by atoms with Crippen LogP contribution < -0.4 is 0 Å². The molecule has 1 aromatic heterocycles. The van der Waals surface area contributed by atoms with Gasteiger partial charge in [-0.05, 0) is 24.7 Å². The largest absolute Gasteiger partial charge is 0.343 e. The minimum Gasteiger partial charge on any atom is -0.343 e. The Morgan fingerprint density at radius 3 is 2.59 bits per heavy atom. The van der Waals surface area contributed by atoms with E-state index in [0.29, 0.717) is 17.9 Å². The Labute approximate surface area is 133 Å². The highest BCUT2D eigenvalue weighted by atomic mass is 16.7. The summed E-state index contributed by atoms with van der Waals surface area (Å²) in [7, 11) is 3.83. The van der Waals surface area contributed by atoms with Gasteiger partial charge in [0.15, 0.2) is 0 Å². The predicted octanol–water partition coefficient (Wildman–Crippen LogP) is 2.94. The van der Waals surface area contributed by atoms with E-state index in [1.54, 1.807) is 7.11 Å². The molecule has 0 spiro atoms. The van der Waals surface area contributed by atoms with Crippen LogP contribution in [0, 0.1) is 11.8 Å². The Morgan fingerprint density at radius 1 is 1.32 bits per heavy atom. The molecule has 2 aliphatic rings. The minimum atomic E-state index is -0.255. The lowest BCUT2D eigenvalue weighted by molar-refractivity contribution is -0.179. The van der Waals surface area contributed by atoms with Gasteiger partial charge in [0.25, 0.3) is 0 Å². The van der Waals surface area contributed by atoms with Crippen molar-refractivity contribution in [3.05, 3.63) is 18.2 Å². The van der Waals surface area contributed by atoms with E-state index >= 15 is 0 Å². The maximum absolute atomic E-state index is 5.93. The van der Waals surface area contributed by atoms with Crippen LogP contribution in [0.5, 0.6) is 0 Å². The molecule has 0 amide bonds. The third-order valence-corrected chi connectivity index (χ3v) is 5.30. The predicted molar refractivity (Wildman–Crippen MR) is 85.1 cm³/mol. The summed E-state index contributed by atoms with van der Waals surface area (Å²) in [5.41, 5.74) is 0. The maximum Gasteiger partial charge on any atom is 0.219 e. The third kappa shape index (κ3) is 2.82. The second-order valence-electron chi connectivity index (χ2n) is 7.02. The van der Waals surface area contributed by atoms with Crippen molar-refractivity contribution in [3.63, 3.8) is 0 Å². The number of aryl methyl sites for hydroxylation is 1. The number of hydrogen-bond donors (Lipinski definition) is 0. The molecule has 0 radical (unpaired) electrons. The molecule has 5 heteroatoms. The van der Waals surface area contributed by atoms with Crippen LogP contribution in [0.1, 0.15) is 51.4 Å². The van der Waals surface area contributed by atoms with Crippen molar-refractivity contribution in [2.75, 3.05) is 13.7 Å². The lowest BCUT2D eigenvalue weighted by Crippen LogP contribution is -2.46. The van der Waals surface area contributed by atoms with Crippen molar-refractivity contribution in [1.29, 1.82) is 0 Å². The van der Waals surface area contributed by atoms with Gasteiger partial charge in [0.2, 0.25) is 6.41 Å². The van der Waals surface area contributed by atoms with Crippen LogP contribution in [-0.2, 0) is 16.5 Å². The van der Waals surface area contributed by atoms with Gasteiger partial charge < -0.3 is 14.0 Å². The van der Waals surface area contributed by atoms with Crippen LogP contribution in [0.2, 0.25) is 0 Å². The van der Waals surface area contributed by atoms with Gasteiger partial charge in [-0.2, -0.15) is 0 Å². The van der Waals surface area contributed by atoms with Crippen molar-refractivity contribution in [2.45, 2.75) is 58.0 Å². The van der Waals surface area contributed by atoms with E-state index in [0.717, 1.165) is 12.4 Å². The fourth-order valence-corrected chi connectivity index (χ4v) is 4.10. The average Bonchev–Trinajstić information content (AvgIpc) is 3.22. The molecular formula is C17H29N3O2. The number of ether oxygens (including phenoxy) is 2. The van der Waals surface area contributed by atoms with Crippen LogP contribution in [0.4, 0.5) is 0 Å².